The Morgan fingerprint density at radius 1 is 1.35 bits per heavy atom. The summed E-state index contributed by atoms with van der Waals surface area (Å²) < 4.78 is 5.65. The second-order valence-corrected chi connectivity index (χ2v) is 7.74. The average molecular weight is 373 g/mol. The minimum absolute atomic E-state index is 0.483. The number of nitrogens with one attached hydrogen (secondary N) is 1. The summed E-state index contributed by atoms with van der Waals surface area (Å²) in [6.07, 6.45) is 1.21. The van der Waals surface area contributed by atoms with Crippen molar-refractivity contribution >= 4 is 17.7 Å². The van der Waals surface area contributed by atoms with E-state index in [2.05, 4.69) is 52.5 Å². The van der Waals surface area contributed by atoms with E-state index >= 15 is 0 Å². The SMILES string of the molecule is CCNC(=NCc1nc(C)c(C)o1)N1CCC(CSc2ccccc2)C1. The molecule has 2 heterocycles. The van der Waals surface area contributed by atoms with Gasteiger partial charge in [0.2, 0.25) is 5.89 Å². The van der Waals surface area contributed by atoms with Gasteiger partial charge in [0.25, 0.3) is 0 Å². The fourth-order valence-electron chi connectivity index (χ4n) is 3.07. The molecule has 0 bridgehead atoms. The van der Waals surface area contributed by atoms with Gasteiger partial charge in [-0.05, 0) is 45.2 Å². The molecule has 0 radical (unpaired) electrons. The van der Waals surface area contributed by atoms with Crippen molar-refractivity contribution in [1.82, 2.24) is 15.2 Å². The van der Waals surface area contributed by atoms with E-state index in [9.17, 15) is 0 Å². The maximum Gasteiger partial charge on any atom is 0.216 e. The van der Waals surface area contributed by atoms with Gasteiger partial charge in [-0.15, -0.1) is 11.8 Å². The number of aliphatic imine (C=N–C) groups is 1. The molecule has 5 nitrogen and oxygen atoms in total. The first kappa shape index (κ1) is 18.8. The quantitative estimate of drug-likeness (QED) is 0.474. The molecule has 140 valence electrons. The first-order valence-corrected chi connectivity index (χ1v) is 10.3. The summed E-state index contributed by atoms with van der Waals surface area (Å²) in [6, 6.07) is 10.6. The number of likely N-dealkylation sites (tertiary alicyclic amines) is 1. The first-order chi connectivity index (χ1) is 12.7. The molecule has 1 unspecified atom stereocenters. The van der Waals surface area contributed by atoms with Gasteiger partial charge < -0.3 is 14.6 Å². The van der Waals surface area contributed by atoms with Crippen molar-refractivity contribution < 1.29 is 4.42 Å². The van der Waals surface area contributed by atoms with E-state index in [1.165, 1.54) is 11.3 Å². The summed E-state index contributed by atoms with van der Waals surface area (Å²) in [5.74, 6) is 4.37. The van der Waals surface area contributed by atoms with Crippen LogP contribution >= 0.6 is 11.8 Å². The van der Waals surface area contributed by atoms with E-state index in [4.69, 9.17) is 9.41 Å². The van der Waals surface area contributed by atoms with Crippen LogP contribution in [0.2, 0.25) is 0 Å². The van der Waals surface area contributed by atoms with Crippen LogP contribution in [0, 0.1) is 19.8 Å². The van der Waals surface area contributed by atoms with Crippen LogP contribution in [0.4, 0.5) is 0 Å². The van der Waals surface area contributed by atoms with Crippen molar-refractivity contribution in [1.29, 1.82) is 0 Å². The van der Waals surface area contributed by atoms with Crippen molar-refractivity contribution in [2.45, 2.75) is 38.6 Å². The number of hydrogen-bond donors (Lipinski definition) is 1. The van der Waals surface area contributed by atoms with E-state index in [1.807, 2.05) is 25.6 Å². The topological polar surface area (TPSA) is 53.7 Å². The highest BCUT2D eigenvalue weighted by Crippen LogP contribution is 2.26. The molecule has 1 aliphatic heterocycles. The molecule has 2 aromatic rings. The van der Waals surface area contributed by atoms with Gasteiger partial charge in [-0.25, -0.2) is 9.98 Å². The Kier molecular flexibility index (Phi) is 6.61. The van der Waals surface area contributed by atoms with Gasteiger partial charge in [-0.1, -0.05) is 18.2 Å². The largest absolute Gasteiger partial charge is 0.444 e. The van der Waals surface area contributed by atoms with Gasteiger partial charge in [0, 0.05) is 30.3 Å². The predicted molar refractivity (Wildman–Crippen MR) is 108 cm³/mol. The van der Waals surface area contributed by atoms with Crippen LogP contribution in [0.5, 0.6) is 0 Å². The van der Waals surface area contributed by atoms with Crippen LogP contribution in [0.15, 0.2) is 44.6 Å². The van der Waals surface area contributed by atoms with E-state index in [-0.39, 0.29) is 0 Å². The molecule has 1 saturated heterocycles. The average Bonchev–Trinajstić information content (AvgIpc) is 3.24. The Bertz CT molecular complexity index is 709. The van der Waals surface area contributed by atoms with Crippen LogP contribution in [0.3, 0.4) is 0 Å². The molecular weight excluding hydrogens is 344 g/mol. The second-order valence-electron chi connectivity index (χ2n) is 6.64. The summed E-state index contributed by atoms with van der Waals surface area (Å²) in [5, 5.41) is 3.41. The molecule has 0 amide bonds. The Balaban J connectivity index is 1.55. The van der Waals surface area contributed by atoms with Crippen LogP contribution < -0.4 is 5.32 Å². The van der Waals surface area contributed by atoms with Crippen molar-refractivity contribution in [2.24, 2.45) is 10.9 Å². The first-order valence-electron chi connectivity index (χ1n) is 9.29. The molecule has 1 aromatic carbocycles. The summed E-state index contributed by atoms with van der Waals surface area (Å²) in [6.45, 7) is 9.46. The summed E-state index contributed by atoms with van der Waals surface area (Å²) in [5.41, 5.74) is 0.944. The Morgan fingerprint density at radius 3 is 2.85 bits per heavy atom. The van der Waals surface area contributed by atoms with Gasteiger partial charge in [-0.2, -0.15) is 0 Å². The predicted octanol–water partition coefficient (Wildman–Crippen LogP) is 3.87. The number of hydrogen-bond acceptors (Lipinski definition) is 4. The molecule has 0 aliphatic carbocycles. The molecule has 1 aliphatic rings. The fraction of sp³-hybridized carbons (Fsp3) is 0.500. The lowest BCUT2D eigenvalue weighted by Crippen LogP contribution is -2.40. The maximum absolute atomic E-state index is 5.65. The molecule has 6 heteroatoms. The smallest absolute Gasteiger partial charge is 0.216 e. The number of rotatable bonds is 6. The lowest BCUT2D eigenvalue weighted by molar-refractivity contribution is 0.457. The van der Waals surface area contributed by atoms with E-state index < -0.39 is 0 Å². The Hall–Kier alpha value is -1.95. The summed E-state index contributed by atoms with van der Waals surface area (Å²) in [4.78, 5) is 12.9. The number of aromatic nitrogens is 1. The molecule has 1 N–H and O–H groups in total. The maximum atomic E-state index is 5.65. The molecule has 0 saturated carbocycles. The number of nitrogens with zero attached hydrogens (tertiary/aromatic N) is 3. The Labute approximate surface area is 160 Å². The fourth-order valence-corrected chi connectivity index (χ4v) is 4.12. The van der Waals surface area contributed by atoms with Crippen molar-refractivity contribution in [3.05, 3.63) is 47.7 Å². The van der Waals surface area contributed by atoms with Crippen LogP contribution in [0.25, 0.3) is 0 Å². The molecule has 1 fully saturated rings. The zero-order chi connectivity index (χ0) is 18.4. The zero-order valence-electron chi connectivity index (χ0n) is 15.9. The number of thioether (sulfide) groups is 1. The molecule has 1 atom stereocenters. The molecule has 26 heavy (non-hydrogen) atoms. The van der Waals surface area contributed by atoms with Gasteiger partial charge >= 0.3 is 0 Å². The third-order valence-electron chi connectivity index (χ3n) is 4.59. The molecular formula is C20H28N4OS. The van der Waals surface area contributed by atoms with Crippen molar-refractivity contribution in [3.8, 4) is 0 Å². The monoisotopic (exact) mass is 372 g/mol. The van der Waals surface area contributed by atoms with Crippen molar-refractivity contribution in [3.63, 3.8) is 0 Å². The summed E-state index contributed by atoms with van der Waals surface area (Å²) in [7, 11) is 0. The van der Waals surface area contributed by atoms with Gasteiger partial charge in [0.15, 0.2) is 5.96 Å². The highest BCUT2D eigenvalue weighted by Gasteiger charge is 2.25. The highest BCUT2D eigenvalue weighted by atomic mass is 32.2. The van der Waals surface area contributed by atoms with E-state index in [0.717, 1.165) is 42.8 Å². The highest BCUT2D eigenvalue weighted by molar-refractivity contribution is 7.99. The lowest BCUT2D eigenvalue weighted by Gasteiger charge is -2.21. The minimum atomic E-state index is 0.483. The standard InChI is InChI=1S/C20H28N4OS/c1-4-21-20(22-12-19-23-15(2)16(3)25-19)24-11-10-17(13-24)14-26-18-8-6-5-7-9-18/h5-9,17H,4,10-14H2,1-3H3,(H,21,22). The zero-order valence-corrected chi connectivity index (χ0v) is 16.7. The molecule has 1 aromatic heterocycles. The van der Waals surface area contributed by atoms with Crippen molar-refractivity contribution in [2.75, 3.05) is 25.4 Å². The van der Waals surface area contributed by atoms with Crippen LogP contribution in [0.1, 0.15) is 30.7 Å². The Morgan fingerprint density at radius 2 is 2.15 bits per heavy atom. The second kappa shape index (κ2) is 9.12. The third-order valence-corrected chi connectivity index (χ3v) is 5.83. The number of aryl methyl sites for hydroxylation is 2. The number of benzene rings is 1. The third kappa shape index (κ3) is 5.04. The number of oxazole rings is 1. The molecule has 0 spiro atoms. The van der Waals surface area contributed by atoms with Gasteiger partial charge in [-0.3, -0.25) is 0 Å². The normalized spacial score (nSPS) is 17.7. The van der Waals surface area contributed by atoms with Gasteiger partial charge in [0.1, 0.15) is 12.3 Å². The number of guanidine groups is 1. The summed E-state index contributed by atoms with van der Waals surface area (Å²) >= 11 is 1.95. The van der Waals surface area contributed by atoms with E-state index in [0.29, 0.717) is 18.4 Å². The lowest BCUT2D eigenvalue weighted by atomic mass is 10.2. The van der Waals surface area contributed by atoms with Crippen LogP contribution in [-0.2, 0) is 6.54 Å². The van der Waals surface area contributed by atoms with E-state index in [1.54, 1.807) is 0 Å². The molecule has 3 rings (SSSR count). The van der Waals surface area contributed by atoms with Gasteiger partial charge in [0.05, 0.1) is 5.69 Å². The minimum Gasteiger partial charge on any atom is -0.444 e. The van der Waals surface area contributed by atoms with Crippen LogP contribution in [-0.4, -0.2) is 41.2 Å².